The Labute approximate surface area is 69.6 Å². The lowest BCUT2D eigenvalue weighted by Gasteiger charge is -2.12. The van der Waals surface area contributed by atoms with Gasteiger partial charge in [0.1, 0.15) is 0 Å². The van der Waals surface area contributed by atoms with Gasteiger partial charge >= 0.3 is 0 Å². The van der Waals surface area contributed by atoms with Crippen LogP contribution in [0.4, 0.5) is 0 Å². The lowest BCUT2D eigenvalue weighted by atomic mass is 10.4. The normalized spacial score (nSPS) is 12.4. The van der Waals surface area contributed by atoms with Gasteiger partial charge in [-0.15, -0.1) is 0 Å². The number of rotatable bonds is 5. The van der Waals surface area contributed by atoms with Crippen molar-refractivity contribution in [2.45, 2.75) is 6.92 Å². The molecule has 0 spiro atoms. The SMILES string of the molecule is C/C=C\C=C/CN(C)CNC. The zero-order chi connectivity index (χ0) is 8.53. The maximum atomic E-state index is 3.08. The summed E-state index contributed by atoms with van der Waals surface area (Å²) in [6, 6.07) is 0. The number of likely N-dealkylation sites (N-methyl/N-ethyl adjacent to an activating group) is 1. The number of hydrogen-bond acceptors (Lipinski definition) is 2. The summed E-state index contributed by atoms with van der Waals surface area (Å²) in [5.74, 6) is 0. The molecule has 0 amide bonds. The van der Waals surface area contributed by atoms with E-state index in [4.69, 9.17) is 0 Å². The third-order valence-electron chi connectivity index (χ3n) is 1.28. The monoisotopic (exact) mass is 154 g/mol. The van der Waals surface area contributed by atoms with E-state index in [0.717, 1.165) is 13.2 Å². The van der Waals surface area contributed by atoms with Crippen molar-refractivity contribution in [2.24, 2.45) is 0 Å². The predicted molar refractivity (Wildman–Crippen MR) is 50.5 cm³/mol. The first-order chi connectivity index (χ1) is 5.31. The van der Waals surface area contributed by atoms with Gasteiger partial charge in [0.05, 0.1) is 0 Å². The Morgan fingerprint density at radius 2 is 2.09 bits per heavy atom. The molecule has 11 heavy (non-hydrogen) atoms. The summed E-state index contributed by atoms with van der Waals surface area (Å²) in [6.45, 7) is 3.94. The van der Waals surface area contributed by atoms with Gasteiger partial charge in [-0.3, -0.25) is 4.90 Å². The maximum absolute atomic E-state index is 3.08. The van der Waals surface area contributed by atoms with Crippen molar-refractivity contribution >= 4 is 0 Å². The van der Waals surface area contributed by atoms with E-state index in [1.807, 2.05) is 26.1 Å². The minimum absolute atomic E-state index is 0.931. The van der Waals surface area contributed by atoms with Gasteiger partial charge in [0.2, 0.25) is 0 Å². The number of nitrogens with one attached hydrogen (secondary N) is 1. The van der Waals surface area contributed by atoms with Crippen molar-refractivity contribution in [3.63, 3.8) is 0 Å². The molecule has 0 aromatic carbocycles. The molecule has 0 fully saturated rings. The highest BCUT2D eigenvalue weighted by atomic mass is 15.2. The fraction of sp³-hybridized carbons (Fsp3) is 0.556. The predicted octanol–water partition coefficient (Wildman–Crippen LogP) is 1.23. The summed E-state index contributed by atoms with van der Waals surface area (Å²) in [5, 5.41) is 3.08. The van der Waals surface area contributed by atoms with Crippen LogP contribution < -0.4 is 5.32 Å². The van der Waals surface area contributed by atoms with Crippen LogP contribution in [0.25, 0.3) is 0 Å². The van der Waals surface area contributed by atoms with Crippen LogP contribution in [-0.4, -0.2) is 32.2 Å². The molecule has 0 radical (unpaired) electrons. The second-order valence-electron chi connectivity index (χ2n) is 2.50. The Morgan fingerprint density at radius 1 is 1.36 bits per heavy atom. The van der Waals surface area contributed by atoms with E-state index in [1.54, 1.807) is 0 Å². The minimum Gasteiger partial charge on any atom is -0.307 e. The quantitative estimate of drug-likeness (QED) is 0.473. The highest BCUT2D eigenvalue weighted by molar-refractivity contribution is 5.01. The van der Waals surface area contributed by atoms with Crippen molar-refractivity contribution in [3.8, 4) is 0 Å². The van der Waals surface area contributed by atoms with Gasteiger partial charge in [-0.05, 0) is 21.0 Å². The third kappa shape index (κ3) is 7.30. The third-order valence-corrected chi connectivity index (χ3v) is 1.28. The van der Waals surface area contributed by atoms with Crippen LogP contribution in [0.2, 0.25) is 0 Å². The molecule has 0 saturated carbocycles. The summed E-state index contributed by atoms with van der Waals surface area (Å²) >= 11 is 0. The minimum atomic E-state index is 0.931. The molecule has 2 nitrogen and oxygen atoms in total. The van der Waals surface area contributed by atoms with Crippen LogP contribution in [0.5, 0.6) is 0 Å². The second kappa shape index (κ2) is 7.51. The number of nitrogens with zero attached hydrogens (tertiary/aromatic N) is 1. The summed E-state index contributed by atoms with van der Waals surface area (Å²) in [5.41, 5.74) is 0. The van der Waals surface area contributed by atoms with E-state index in [9.17, 15) is 0 Å². The van der Waals surface area contributed by atoms with Crippen LogP contribution in [0.1, 0.15) is 6.92 Å². The van der Waals surface area contributed by atoms with Gasteiger partial charge in [0.25, 0.3) is 0 Å². The van der Waals surface area contributed by atoms with E-state index < -0.39 is 0 Å². The fourth-order valence-electron chi connectivity index (χ4n) is 0.765. The Bertz CT molecular complexity index is 128. The Balaban J connectivity index is 3.36. The molecule has 0 aliphatic rings. The average Bonchev–Trinajstić information content (AvgIpc) is 1.99. The first-order valence-electron chi connectivity index (χ1n) is 3.92. The van der Waals surface area contributed by atoms with Gasteiger partial charge in [-0.1, -0.05) is 24.3 Å². The Morgan fingerprint density at radius 3 is 2.64 bits per heavy atom. The Hall–Kier alpha value is -0.600. The van der Waals surface area contributed by atoms with E-state index in [1.165, 1.54) is 0 Å². The van der Waals surface area contributed by atoms with Gasteiger partial charge in [0.15, 0.2) is 0 Å². The van der Waals surface area contributed by atoms with Crippen LogP contribution in [0.15, 0.2) is 24.3 Å². The highest BCUT2D eigenvalue weighted by Crippen LogP contribution is 1.81. The zero-order valence-corrected chi connectivity index (χ0v) is 7.67. The lowest BCUT2D eigenvalue weighted by molar-refractivity contribution is 0.350. The lowest BCUT2D eigenvalue weighted by Crippen LogP contribution is -2.28. The standard InChI is InChI=1S/C9H18N2/c1-4-5-6-7-8-11(3)9-10-2/h4-7,10H,8-9H2,1-3H3/b5-4-,7-6-. The molecule has 2 heteroatoms. The van der Waals surface area contributed by atoms with Crippen LogP contribution in [-0.2, 0) is 0 Å². The van der Waals surface area contributed by atoms with Crippen LogP contribution >= 0.6 is 0 Å². The molecule has 0 heterocycles. The number of allylic oxidation sites excluding steroid dienone is 3. The van der Waals surface area contributed by atoms with Crippen molar-refractivity contribution in [1.29, 1.82) is 0 Å². The van der Waals surface area contributed by atoms with Crippen molar-refractivity contribution in [1.82, 2.24) is 10.2 Å². The zero-order valence-electron chi connectivity index (χ0n) is 7.67. The molecular formula is C9H18N2. The fourth-order valence-corrected chi connectivity index (χ4v) is 0.765. The van der Waals surface area contributed by atoms with E-state index in [2.05, 4.69) is 29.4 Å². The molecule has 0 saturated heterocycles. The number of hydrogen-bond donors (Lipinski definition) is 1. The Kier molecular flexibility index (Phi) is 7.10. The summed E-state index contributed by atoms with van der Waals surface area (Å²) in [6.07, 6.45) is 8.26. The topological polar surface area (TPSA) is 15.3 Å². The molecule has 0 bridgehead atoms. The van der Waals surface area contributed by atoms with E-state index >= 15 is 0 Å². The molecule has 0 aromatic rings. The average molecular weight is 154 g/mol. The summed E-state index contributed by atoms with van der Waals surface area (Å²) in [4.78, 5) is 2.19. The maximum Gasteiger partial charge on any atom is 0.0478 e. The van der Waals surface area contributed by atoms with Crippen LogP contribution in [0, 0.1) is 0 Å². The second-order valence-corrected chi connectivity index (χ2v) is 2.50. The first kappa shape index (κ1) is 10.4. The highest BCUT2D eigenvalue weighted by Gasteiger charge is 1.88. The van der Waals surface area contributed by atoms with E-state index in [0.29, 0.717) is 0 Å². The van der Waals surface area contributed by atoms with Gasteiger partial charge in [0, 0.05) is 13.2 Å². The molecule has 1 N–H and O–H groups in total. The summed E-state index contributed by atoms with van der Waals surface area (Å²) in [7, 11) is 4.03. The van der Waals surface area contributed by atoms with Gasteiger partial charge in [-0.2, -0.15) is 0 Å². The van der Waals surface area contributed by atoms with Crippen molar-refractivity contribution in [2.75, 3.05) is 27.3 Å². The largest absolute Gasteiger partial charge is 0.307 e. The molecule has 0 atom stereocenters. The smallest absolute Gasteiger partial charge is 0.0478 e. The molecule has 0 unspecified atom stereocenters. The van der Waals surface area contributed by atoms with Crippen LogP contribution in [0.3, 0.4) is 0 Å². The van der Waals surface area contributed by atoms with Crippen molar-refractivity contribution < 1.29 is 0 Å². The molecule has 64 valence electrons. The first-order valence-corrected chi connectivity index (χ1v) is 3.92. The van der Waals surface area contributed by atoms with E-state index in [-0.39, 0.29) is 0 Å². The van der Waals surface area contributed by atoms with Gasteiger partial charge < -0.3 is 5.32 Å². The molecule has 0 aliphatic carbocycles. The molecular weight excluding hydrogens is 136 g/mol. The molecule has 0 rings (SSSR count). The van der Waals surface area contributed by atoms with Gasteiger partial charge in [-0.25, -0.2) is 0 Å². The summed E-state index contributed by atoms with van der Waals surface area (Å²) < 4.78 is 0. The molecule has 0 aliphatic heterocycles. The molecule has 0 aromatic heterocycles. The van der Waals surface area contributed by atoms with Crippen molar-refractivity contribution in [3.05, 3.63) is 24.3 Å².